The number of ether oxygens (including phenoxy) is 1. The van der Waals surface area contributed by atoms with Crippen molar-refractivity contribution in [3.63, 3.8) is 0 Å². The maximum Gasteiger partial charge on any atom is 0.250 e. The number of aromatic nitrogens is 1. The number of imide groups is 1. The molecule has 1 aromatic heterocycles. The van der Waals surface area contributed by atoms with Gasteiger partial charge in [0, 0.05) is 19.3 Å². The predicted octanol–water partition coefficient (Wildman–Crippen LogP) is 1.14. The fraction of sp³-hybridized carbons (Fsp3) is 0.588. The molecule has 122 valence electrons. The highest BCUT2D eigenvalue weighted by Gasteiger charge is 2.72. The number of amides is 2. The molecule has 0 N–H and O–H groups in total. The van der Waals surface area contributed by atoms with E-state index in [1.54, 1.807) is 20.2 Å². The molecule has 0 saturated carbocycles. The Kier molecular flexibility index (Phi) is 2.62. The van der Waals surface area contributed by atoms with Crippen molar-refractivity contribution in [3.05, 3.63) is 28.2 Å². The van der Waals surface area contributed by atoms with Crippen molar-refractivity contribution in [2.45, 2.75) is 44.8 Å². The zero-order valence-electron chi connectivity index (χ0n) is 13.8. The Morgan fingerprint density at radius 3 is 2.13 bits per heavy atom. The van der Waals surface area contributed by atoms with Gasteiger partial charge in [0.15, 0.2) is 0 Å². The average Bonchev–Trinajstić information content (AvgIpc) is 3.00. The molecule has 3 aliphatic rings. The summed E-state index contributed by atoms with van der Waals surface area (Å²) in [5.41, 5.74) is -0.139. The van der Waals surface area contributed by atoms with Crippen LogP contribution < -0.4 is 10.5 Å². The third-order valence-electron chi connectivity index (χ3n) is 5.85. The Hall–Kier alpha value is -1.95. The van der Waals surface area contributed by atoms with Gasteiger partial charge in [-0.05, 0) is 39.2 Å². The van der Waals surface area contributed by atoms with Crippen molar-refractivity contribution in [2.75, 3.05) is 4.90 Å². The van der Waals surface area contributed by atoms with Crippen LogP contribution in [-0.4, -0.2) is 27.6 Å². The first-order chi connectivity index (χ1) is 10.7. The third kappa shape index (κ3) is 1.64. The van der Waals surface area contributed by atoms with E-state index in [9.17, 15) is 14.4 Å². The highest BCUT2D eigenvalue weighted by Crippen LogP contribution is 2.60. The highest BCUT2D eigenvalue weighted by atomic mass is 16.5. The maximum atomic E-state index is 13.0. The minimum Gasteiger partial charge on any atom is -0.367 e. The van der Waals surface area contributed by atoms with Gasteiger partial charge in [-0.2, -0.15) is 0 Å². The first kappa shape index (κ1) is 14.6. The summed E-state index contributed by atoms with van der Waals surface area (Å²) in [7, 11) is 1.62. The summed E-state index contributed by atoms with van der Waals surface area (Å²) < 4.78 is 7.48. The molecule has 4 atom stereocenters. The molecular formula is C17H20N2O4. The number of carbonyl (C=O) groups excluding carboxylic acids is 2. The molecule has 1 aromatic rings. The van der Waals surface area contributed by atoms with E-state index < -0.39 is 23.0 Å². The van der Waals surface area contributed by atoms with Crippen molar-refractivity contribution in [1.29, 1.82) is 0 Å². The number of hydrogen-bond donors (Lipinski definition) is 0. The number of fused-ring (bicyclic) bond motifs is 5. The fourth-order valence-corrected chi connectivity index (χ4v) is 4.65. The second kappa shape index (κ2) is 4.12. The van der Waals surface area contributed by atoms with E-state index >= 15 is 0 Å². The van der Waals surface area contributed by atoms with Crippen molar-refractivity contribution in [2.24, 2.45) is 18.9 Å². The van der Waals surface area contributed by atoms with Crippen LogP contribution in [-0.2, 0) is 21.4 Å². The number of nitrogens with zero attached hydrogens (tertiary/aromatic N) is 2. The Labute approximate surface area is 134 Å². The highest BCUT2D eigenvalue weighted by molar-refractivity contribution is 6.23. The molecule has 0 aliphatic carbocycles. The van der Waals surface area contributed by atoms with Crippen LogP contribution in [0.25, 0.3) is 0 Å². The molecule has 23 heavy (non-hydrogen) atoms. The van der Waals surface area contributed by atoms with Gasteiger partial charge in [-0.15, -0.1) is 0 Å². The minimum atomic E-state index is -0.560. The van der Waals surface area contributed by atoms with Crippen LogP contribution in [0.15, 0.2) is 17.1 Å². The van der Waals surface area contributed by atoms with E-state index in [0.29, 0.717) is 11.3 Å². The second-order valence-electron chi connectivity index (χ2n) is 7.49. The van der Waals surface area contributed by atoms with Crippen LogP contribution >= 0.6 is 0 Å². The number of aryl methyl sites for hydroxylation is 2. The molecule has 4 heterocycles. The monoisotopic (exact) mass is 316 g/mol. The van der Waals surface area contributed by atoms with Crippen LogP contribution in [0.4, 0.5) is 5.69 Å². The molecule has 3 saturated heterocycles. The van der Waals surface area contributed by atoms with Gasteiger partial charge in [0.1, 0.15) is 0 Å². The van der Waals surface area contributed by atoms with Crippen LogP contribution in [0, 0.1) is 18.8 Å². The normalized spacial score (nSPS) is 38.5. The molecule has 4 rings (SSSR count). The van der Waals surface area contributed by atoms with Gasteiger partial charge < -0.3 is 9.30 Å². The molecule has 6 heteroatoms. The number of anilines is 1. The summed E-state index contributed by atoms with van der Waals surface area (Å²) in [6, 6.07) is 1.46. The average molecular weight is 316 g/mol. The van der Waals surface area contributed by atoms with Gasteiger partial charge in [0.05, 0.1) is 28.7 Å². The van der Waals surface area contributed by atoms with Crippen molar-refractivity contribution >= 4 is 17.5 Å². The first-order valence-corrected chi connectivity index (χ1v) is 7.93. The molecule has 2 bridgehead atoms. The van der Waals surface area contributed by atoms with Gasteiger partial charge in [0.25, 0.3) is 5.56 Å². The third-order valence-corrected chi connectivity index (χ3v) is 5.85. The predicted molar refractivity (Wildman–Crippen MR) is 83.0 cm³/mol. The van der Waals surface area contributed by atoms with E-state index in [1.807, 2.05) is 13.8 Å². The van der Waals surface area contributed by atoms with Crippen molar-refractivity contribution in [1.82, 2.24) is 4.57 Å². The van der Waals surface area contributed by atoms with Gasteiger partial charge in [0.2, 0.25) is 11.8 Å². The molecule has 0 spiro atoms. The largest absolute Gasteiger partial charge is 0.367 e. The number of carbonyl (C=O) groups is 2. The lowest BCUT2D eigenvalue weighted by atomic mass is 9.69. The number of pyridine rings is 1. The maximum absolute atomic E-state index is 13.0. The van der Waals surface area contributed by atoms with Crippen LogP contribution in [0.2, 0.25) is 0 Å². The smallest absolute Gasteiger partial charge is 0.250 e. The van der Waals surface area contributed by atoms with E-state index in [4.69, 9.17) is 4.74 Å². The fourth-order valence-electron chi connectivity index (χ4n) is 4.65. The van der Waals surface area contributed by atoms with E-state index in [-0.39, 0.29) is 17.4 Å². The Balaban J connectivity index is 1.85. The Morgan fingerprint density at radius 2 is 1.61 bits per heavy atom. The number of rotatable bonds is 1. The van der Waals surface area contributed by atoms with Crippen LogP contribution in [0.5, 0.6) is 0 Å². The quantitative estimate of drug-likeness (QED) is 0.729. The van der Waals surface area contributed by atoms with E-state index in [1.165, 1.54) is 15.5 Å². The zero-order chi connectivity index (χ0) is 16.7. The molecule has 0 radical (unpaired) electrons. The summed E-state index contributed by atoms with van der Waals surface area (Å²) in [5.74, 6) is -1.25. The summed E-state index contributed by atoms with van der Waals surface area (Å²) >= 11 is 0. The van der Waals surface area contributed by atoms with Crippen molar-refractivity contribution < 1.29 is 14.3 Å². The lowest BCUT2D eigenvalue weighted by Crippen LogP contribution is -2.40. The standard InChI is InChI=1S/C17H20N2O4/c1-9-7-11(20)18(4)8-10(9)19-14(21)12-13(15(19)22)17(3)6-5-16(12,2)23-17/h7-8,12-13H,5-6H2,1-4H3/t12-,13+,16?,17?. The molecule has 6 nitrogen and oxygen atoms in total. The van der Waals surface area contributed by atoms with Crippen molar-refractivity contribution in [3.8, 4) is 0 Å². The van der Waals surface area contributed by atoms with E-state index in [2.05, 4.69) is 0 Å². The van der Waals surface area contributed by atoms with Crippen LogP contribution in [0.3, 0.4) is 0 Å². The van der Waals surface area contributed by atoms with Gasteiger partial charge in [-0.3, -0.25) is 14.4 Å². The molecule has 2 unspecified atom stereocenters. The Bertz CT molecular complexity index is 779. The molecule has 3 aliphatic heterocycles. The lowest BCUT2D eigenvalue weighted by Gasteiger charge is -2.27. The molecule has 0 aromatic carbocycles. The SMILES string of the molecule is Cc1cc(=O)n(C)cc1N1C(=O)[C@@H]2[C@H](C1=O)C1(C)CCC2(C)O1. The summed E-state index contributed by atoms with van der Waals surface area (Å²) in [4.78, 5) is 39.1. The van der Waals surface area contributed by atoms with Gasteiger partial charge in [-0.25, -0.2) is 4.90 Å². The minimum absolute atomic E-state index is 0.159. The molecule has 2 amide bonds. The first-order valence-electron chi connectivity index (χ1n) is 7.93. The molecular weight excluding hydrogens is 296 g/mol. The van der Waals surface area contributed by atoms with E-state index in [0.717, 1.165) is 12.8 Å². The lowest BCUT2D eigenvalue weighted by molar-refractivity contribution is -0.129. The zero-order valence-corrected chi connectivity index (χ0v) is 13.8. The summed E-state index contributed by atoms with van der Waals surface area (Å²) in [5, 5.41) is 0. The van der Waals surface area contributed by atoms with Crippen LogP contribution in [0.1, 0.15) is 32.3 Å². The topological polar surface area (TPSA) is 68.6 Å². The summed E-state index contributed by atoms with van der Waals surface area (Å²) in [6.07, 6.45) is 3.16. The van der Waals surface area contributed by atoms with Gasteiger partial charge >= 0.3 is 0 Å². The second-order valence-corrected chi connectivity index (χ2v) is 7.49. The summed E-state index contributed by atoms with van der Waals surface area (Å²) in [6.45, 7) is 5.62. The number of hydrogen-bond acceptors (Lipinski definition) is 4. The Morgan fingerprint density at radius 1 is 1.09 bits per heavy atom. The van der Waals surface area contributed by atoms with Gasteiger partial charge in [-0.1, -0.05) is 0 Å². The molecule has 3 fully saturated rings.